The lowest BCUT2D eigenvalue weighted by Crippen LogP contribution is -2.42. The van der Waals surface area contributed by atoms with E-state index in [4.69, 9.17) is 4.74 Å². The average Bonchev–Trinajstić information content (AvgIpc) is 3.16. The molecule has 2 aromatic rings. The van der Waals surface area contributed by atoms with E-state index in [2.05, 4.69) is 15.2 Å². The molecular weight excluding hydrogens is 356 g/mol. The first kappa shape index (κ1) is 18.4. The summed E-state index contributed by atoms with van der Waals surface area (Å²) in [7, 11) is 0. The van der Waals surface area contributed by atoms with E-state index in [1.165, 1.54) is 23.5 Å². The third-order valence-electron chi connectivity index (χ3n) is 4.07. The van der Waals surface area contributed by atoms with E-state index in [0.29, 0.717) is 12.1 Å². The van der Waals surface area contributed by atoms with Gasteiger partial charge >= 0.3 is 6.09 Å². The van der Waals surface area contributed by atoms with Crippen LogP contribution in [0.5, 0.6) is 0 Å². The number of alkyl carbamates (subject to hydrolysis) is 1. The highest BCUT2D eigenvalue weighted by Crippen LogP contribution is 2.34. The molecule has 140 valence electrons. The molecule has 1 unspecified atom stereocenters. The molecule has 1 saturated heterocycles. The van der Waals surface area contributed by atoms with Crippen molar-refractivity contribution in [2.24, 2.45) is 0 Å². The zero-order chi connectivity index (χ0) is 18.9. The number of rotatable bonds is 4. The van der Waals surface area contributed by atoms with Crippen LogP contribution in [-0.2, 0) is 4.74 Å². The van der Waals surface area contributed by atoms with Crippen molar-refractivity contribution < 1.29 is 14.5 Å². The first-order chi connectivity index (χ1) is 12.2. The Hall–Kier alpha value is -2.42. The number of nitro benzene ring substituents is 1. The van der Waals surface area contributed by atoms with Crippen molar-refractivity contribution >= 4 is 38.5 Å². The normalized spacial score (nSPS) is 17.5. The van der Waals surface area contributed by atoms with Gasteiger partial charge in [-0.25, -0.2) is 9.78 Å². The number of hydrogen-bond acceptors (Lipinski definition) is 7. The summed E-state index contributed by atoms with van der Waals surface area (Å²) in [6, 6.07) is 4.87. The molecule has 1 aromatic carbocycles. The van der Waals surface area contributed by atoms with Crippen molar-refractivity contribution in [3.05, 3.63) is 28.3 Å². The van der Waals surface area contributed by atoms with Gasteiger partial charge in [0.05, 0.1) is 15.1 Å². The summed E-state index contributed by atoms with van der Waals surface area (Å²) >= 11 is 1.51. The van der Waals surface area contributed by atoms with Gasteiger partial charge in [-0.15, -0.1) is 0 Å². The average molecular weight is 378 g/mol. The first-order valence-electron chi connectivity index (χ1n) is 8.51. The number of hydrogen-bond donors (Lipinski definition) is 1. The number of carbonyl (C=O) groups excluding carboxylic acids is 1. The molecule has 1 N–H and O–H groups in total. The third kappa shape index (κ3) is 4.21. The van der Waals surface area contributed by atoms with Crippen LogP contribution in [0.4, 0.5) is 15.6 Å². The van der Waals surface area contributed by atoms with E-state index in [0.717, 1.165) is 29.2 Å². The van der Waals surface area contributed by atoms with Gasteiger partial charge in [0.25, 0.3) is 5.69 Å². The zero-order valence-electron chi connectivity index (χ0n) is 15.0. The molecule has 0 saturated carbocycles. The molecule has 1 atom stereocenters. The molecule has 26 heavy (non-hydrogen) atoms. The molecule has 2 heterocycles. The van der Waals surface area contributed by atoms with Crippen LogP contribution in [-0.4, -0.2) is 40.7 Å². The number of ether oxygens (including phenoxy) is 1. The number of nitro groups is 1. The number of nitrogens with zero attached hydrogens (tertiary/aromatic N) is 3. The van der Waals surface area contributed by atoms with Crippen molar-refractivity contribution in [3.63, 3.8) is 0 Å². The van der Waals surface area contributed by atoms with Crippen LogP contribution < -0.4 is 10.2 Å². The number of benzene rings is 1. The van der Waals surface area contributed by atoms with E-state index in [-0.39, 0.29) is 11.7 Å². The van der Waals surface area contributed by atoms with Gasteiger partial charge in [-0.2, -0.15) is 0 Å². The minimum absolute atomic E-state index is 0.0407. The summed E-state index contributed by atoms with van der Waals surface area (Å²) in [5.41, 5.74) is 0.144. The van der Waals surface area contributed by atoms with Crippen LogP contribution in [0.25, 0.3) is 10.2 Å². The van der Waals surface area contributed by atoms with Crippen molar-refractivity contribution in [1.82, 2.24) is 10.3 Å². The number of non-ortho nitro benzene ring substituents is 1. The van der Waals surface area contributed by atoms with Gasteiger partial charge in [-0.3, -0.25) is 10.1 Å². The van der Waals surface area contributed by atoms with Gasteiger partial charge in [-0.05, 0) is 39.7 Å². The Morgan fingerprint density at radius 1 is 1.50 bits per heavy atom. The molecular formula is C17H22N4O4S. The summed E-state index contributed by atoms with van der Waals surface area (Å²) in [6.07, 6.45) is 1.53. The number of anilines is 1. The van der Waals surface area contributed by atoms with Crippen LogP contribution in [0, 0.1) is 10.1 Å². The van der Waals surface area contributed by atoms with Gasteiger partial charge in [0.1, 0.15) is 5.60 Å². The fourth-order valence-electron chi connectivity index (χ4n) is 2.96. The Labute approximate surface area is 155 Å². The van der Waals surface area contributed by atoms with Crippen molar-refractivity contribution in [2.45, 2.75) is 45.3 Å². The second kappa shape index (κ2) is 7.06. The molecule has 3 rings (SSSR count). The fourth-order valence-corrected chi connectivity index (χ4v) is 4.00. The molecule has 9 heteroatoms. The number of amides is 1. The second-order valence-corrected chi connectivity index (χ2v) is 8.29. The van der Waals surface area contributed by atoms with Gasteiger partial charge in [0.15, 0.2) is 5.13 Å². The molecule has 0 radical (unpaired) electrons. The molecule has 1 aromatic heterocycles. The van der Waals surface area contributed by atoms with Crippen molar-refractivity contribution in [2.75, 3.05) is 18.0 Å². The Morgan fingerprint density at radius 3 is 2.96 bits per heavy atom. The van der Waals surface area contributed by atoms with Gasteiger partial charge < -0.3 is 15.0 Å². The summed E-state index contributed by atoms with van der Waals surface area (Å²) < 4.78 is 6.19. The van der Waals surface area contributed by atoms with Crippen LogP contribution in [0.3, 0.4) is 0 Å². The maximum atomic E-state index is 11.9. The van der Waals surface area contributed by atoms with Crippen molar-refractivity contribution in [1.29, 1.82) is 0 Å². The van der Waals surface area contributed by atoms with Gasteiger partial charge in [-0.1, -0.05) is 11.3 Å². The highest BCUT2D eigenvalue weighted by atomic mass is 32.1. The van der Waals surface area contributed by atoms with Gasteiger partial charge in [0.2, 0.25) is 0 Å². The fraction of sp³-hybridized carbons (Fsp3) is 0.529. The third-order valence-corrected chi connectivity index (χ3v) is 5.15. The summed E-state index contributed by atoms with van der Waals surface area (Å²) in [5.74, 6) is 0. The Bertz CT molecular complexity index is 830. The second-order valence-electron chi connectivity index (χ2n) is 7.28. The number of nitrogens with one attached hydrogen (secondary N) is 1. The molecule has 1 amide bonds. The lowest BCUT2D eigenvalue weighted by Gasteiger charge is -2.25. The summed E-state index contributed by atoms with van der Waals surface area (Å²) in [6.45, 7) is 6.81. The predicted octanol–water partition coefficient (Wildman–Crippen LogP) is 3.70. The number of aromatic nitrogens is 1. The SMILES string of the molecule is CC(C)(C)OC(=O)NCC1CCCN1c1nc2cc([N+](=O)[O-])ccc2s1. The number of thiazole rings is 1. The maximum Gasteiger partial charge on any atom is 0.407 e. The largest absolute Gasteiger partial charge is 0.444 e. The Morgan fingerprint density at radius 2 is 2.27 bits per heavy atom. The molecule has 1 aliphatic heterocycles. The quantitative estimate of drug-likeness (QED) is 0.643. The summed E-state index contributed by atoms with van der Waals surface area (Å²) in [5, 5.41) is 14.6. The smallest absolute Gasteiger partial charge is 0.407 e. The highest BCUT2D eigenvalue weighted by molar-refractivity contribution is 7.22. The lowest BCUT2D eigenvalue weighted by atomic mass is 10.2. The molecule has 1 aliphatic rings. The van der Waals surface area contributed by atoms with Crippen LogP contribution in [0.15, 0.2) is 18.2 Å². The van der Waals surface area contributed by atoms with Gasteiger partial charge in [0, 0.05) is 31.3 Å². The van der Waals surface area contributed by atoms with Crippen molar-refractivity contribution in [3.8, 4) is 0 Å². The van der Waals surface area contributed by atoms with Crippen LogP contribution >= 0.6 is 11.3 Å². The van der Waals surface area contributed by atoms with E-state index >= 15 is 0 Å². The summed E-state index contributed by atoms with van der Waals surface area (Å²) in [4.78, 5) is 29.1. The monoisotopic (exact) mass is 378 g/mol. The lowest BCUT2D eigenvalue weighted by molar-refractivity contribution is -0.384. The standard InChI is InChI=1S/C17H22N4O4S/c1-17(2,3)25-16(22)18-10-12-5-4-8-20(12)15-19-13-9-11(21(23)24)6-7-14(13)26-15/h6-7,9,12H,4-5,8,10H2,1-3H3,(H,18,22). The van der Waals surface area contributed by atoms with E-state index in [1.54, 1.807) is 6.07 Å². The highest BCUT2D eigenvalue weighted by Gasteiger charge is 2.28. The Balaban J connectivity index is 1.70. The number of fused-ring (bicyclic) bond motifs is 1. The maximum absolute atomic E-state index is 11.9. The number of carbonyl (C=O) groups is 1. The van der Waals surface area contributed by atoms with E-state index < -0.39 is 16.6 Å². The zero-order valence-corrected chi connectivity index (χ0v) is 15.8. The molecule has 1 fully saturated rings. The minimum atomic E-state index is -0.527. The molecule has 0 aliphatic carbocycles. The van der Waals surface area contributed by atoms with Crippen LogP contribution in [0.1, 0.15) is 33.6 Å². The van der Waals surface area contributed by atoms with E-state index in [9.17, 15) is 14.9 Å². The minimum Gasteiger partial charge on any atom is -0.444 e. The first-order valence-corrected chi connectivity index (χ1v) is 9.33. The molecule has 0 spiro atoms. The molecule has 0 bridgehead atoms. The molecule has 8 nitrogen and oxygen atoms in total. The topological polar surface area (TPSA) is 97.6 Å². The van der Waals surface area contributed by atoms with Crippen LogP contribution in [0.2, 0.25) is 0 Å². The van der Waals surface area contributed by atoms with E-state index in [1.807, 2.05) is 20.8 Å². The predicted molar refractivity (Wildman–Crippen MR) is 101 cm³/mol. The Kier molecular flexibility index (Phi) is 4.99.